The van der Waals surface area contributed by atoms with Crippen LogP contribution in [0.1, 0.15) is 18.4 Å². The predicted molar refractivity (Wildman–Crippen MR) is 103 cm³/mol. The zero-order chi connectivity index (χ0) is 19.5. The monoisotopic (exact) mass is 378 g/mol. The van der Waals surface area contributed by atoms with Crippen LogP contribution in [0.5, 0.6) is 0 Å². The SMILES string of the molecule is O=C(Nc1ccc(-c2cnc[nH]2)cc1)C1CCC(=O)N1Cc1ccccc1F. The molecule has 0 spiro atoms. The van der Waals surface area contributed by atoms with E-state index in [0.29, 0.717) is 17.7 Å². The molecule has 1 aliphatic rings. The minimum absolute atomic E-state index is 0.0857. The van der Waals surface area contributed by atoms with Gasteiger partial charge in [0.1, 0.15) is 11.9 Å². The van der Waals surface area contributed by atoms with Crippen molar-refractivity contribution in [3.8, 4) is 11.3 Å². The van der Waals surface area contributed by atoms with Gasteiger partial charge in [-0.2, -0.15) is 0 Å². The second kappa shape index (κ2) is 7.64. The zero-order valence-corrected chi connectivity index (χ0v) is 15.1. The Morgan fingerprint density at radius 2 is 2.00 bits per heavy atom. The third kappa shape index (κ3) is 3.64. The van der Waals surface area contributed by atoms with Crippen molar-refractivity contribution in [1.82, 2.24) is 14.9 Å². The molecule has 1 unspecified atom stereocenters. The molecular formula is C21H19FN4O2. The maximum atomic E-state index is 14.0. The molecule has 0 saturated carbocycles. The van der Waals surface area contributed by atoms with Crippen LogP contribution in [0.4, 0.5) is 10.1 Å². The molecule has 2 amide bonds. The van der Waals surface area contributed by atoms with Crippen molar-refractivity contribution in [2.75, 3.05) is 5.32 Å². The van der Waals surface area contributed by atoms with E-state index in [1.807, 2.05) is 12.1 Å². The third-order valence-electron chi connectivity index (χ3n) is 4.89. The number of hydrogen-bond acceptors (Lipinski definition) is 3. The first kappa shape index (κ1) is 17.9. The predicted octanol–water partition coefficient (Wildman–Crippen LogP) is 3.35. The van der Waals surface area contributed by atoms with E-state index in [1.54, 1.807) is 42.9 Å². The quantitative estimate of drug-likeness (QED) is 0.715. The van der Waals surface area contributed by atoms with Crippen molar-refractivity contribution < 1.29 is 14.0 Å². The maximum absolute atomic E-state index is 14.0. The summed E-state index contributed by atoms with van der Waals surface area (Å²) in [4.78, 5) is 33.5. The molecule has 6 nitrogen and oxygen atoms in total. The van der Waals surface area contributed by atoms with Crippen LogP contribution in [0.3, 0.4) is 0 Å². The Morgan fingerprint density at radius 3 is 2.71 bits per heavy atom. The van der Waals surface area contributed by atoms with Crippen molar-refractivity contribution in [1.29, 1.82) is 0 Å². The van der Waals surface area contributed by atoms with Crippen LogP contribution in [0.2, 0.25) is 0 Å². The minimum atomic E-state index is -0.612. The molecule has 142 valence electrons. The lowest BCUT2D eigenvalue weighted by Crippen LogP contribution is -2.41. The van der Waals surface area contributed by atoms with Crippen molar-refractivity contribution in [3.63, 3.8) is 0 Å². The van der Waals surface area contributed by atoms with Gasteiger partial charge in [0.2, 0.25) is 11.8 Å². The Hall–Kier alpha value is -3.48. The van der Waals surface area contributed by atoms with E-state index in [9.17, 15) is 14.0 Å². The lowest BCUT2D eigenvalue weighted by Gasteiger charge is -2.24. The molecule has 1 fully saturated rings. The molecule has 0 aliphatic carbocycles. The second-order valence-electron chi connectivity index (χ2n) is 6.70. The molecule has 0 bridgehead atoms. The van der Waals surface area contributed by atoms with Gasteiger partial charge in [-0.25, -0.2) is 9.37 Å². The average molecular weight is 378 g/mol. The zero-order valence-electron chi connectivity index (χ0n) is 15.1. The summed E-state index contributed by atoms with van der Waals surface area (Å²) < 4.78 is 14.0. The summed E-state index contributed by atoms with van der Waals surface area (Å²) in [6, 6.07) is 13.0. The van der Waals surface area contributed by atoms with Crippen LogP contribution < -0.4 is 5.32 Å². The smallest absolute Gasteiger partial charge is 0.247 e. The van der Waals surface area contributed by atoms with Crippen molar-refractivity contribution in [2.45, 2.75) is 25.4 Å². The van der Waals surface area contributed by atoms with Gasteiger partial charge in [-0.1, -0.05) is 30.3 Å². The first-order valence-electron chi connectivity index (χ1n) is 9.04. The van der Waals surface area contributed by atoms with Gasteiger partial charge in [0.15, 0.2) is 0 Å². The molecule has 2 N–H and O–H groups in total. The Kier molecular flexibility index (Phi) is 4.89. The maximum Gasteiger partial charge on any atom is 0.247 e. The van der Waals surface area contributed by atoms with Gasteiger partial charge < -0.3 is 15.2 Å². The number of amides is 2. The molecule has 1 aliphatic heterocycles. The number of rotatable bonds is 5. The Labute approximate surface area is 161 Å². The first-order valence-corrected chi connectivity index (χ1v) is 9.04. The summed E-state index contributed by atoms with van der Waals surface area (Å²) in [6.07, 6.45) is 4.03. The van der Waals surface area contributed by atoms with Crippen LogP contribution in [0.15, 0.2) is 61.1 Å². The summed E-state index contributed by atoms with van der Waals surface area (Å²) in [5.41, 5.74) is 2.88. The number of imidazole rings is 1. The number of benzene rings is 2. The highest BCUT2D eigenvalue weighted by molar-refractivity contribution is 5.99. The van der Waals surface area contributed by atoms with Gasteiger partial charge in [-0.05, 0) is 30.2 Å². The molecule has 2 heterocycles. The van der Waals surface area contributed by atoms with Gasteiger partial charge in [-0.3, -0.25) is 9.59 Å². The summed E-state index contributed by atoms with van der Waals surface area (Å²) in [5.74, 6) is -0.787. The van der Waals surface area contributed by atoms with Crippen molar-refractivity contribution >= 4 is 17.5 Å². The second-order valence-corrected chi connectivity index (χ2v) is 6.70. The fraction of sp³-hybridized carbons (Fsp3) is 0.190. The minimum Gasteiger partial charge on any atom is -0.345 e. The third-order valence-corrected chi connectivity index (χ3v) is 4.89. The molecular weight excluding hydrogens is 359 g/mol. The van der Waals surface area contributed by atoms with E-state index >= 15 is 0 Å². The number of carbonyl (C=O) groups excluding carboxylic acids is 2. The number of H-pyrrole nitrogens is 1. The number of carbonyl (C=O) groups is 2. The van der Waals surface area contributed by atoms with Crippen LogP contribution >= 0.6 is 0 Å². The van der Waals surface area contributed by atoms with Gasteiger partial charge >= 0.3 is 0 Å². The number of halogens is 1. The number of hydrogen-bond donors (Lipinski definition) is 2. The summed E-state index contributed by atoms with van der Waals surface area (Å²) in [7, 11) is 0. The molecule has 28 heavy (non-hydrogen) atoms. The van der Waals surface area contributed by atoms with E-state index in [-0.39, 0.29) is 30.6 Å². The van der Waals surface area contributed by atoms with E-state index < -0.39 is 6.04 Å². The molecule has 1 saturated heterocycles. The van der Waals surface area contributed by atoms with Crippen molar-refractivity contribution in [3.05, 3.63) is 72.4 Å². The van der Waals surface area contributed by atoms with E-state index in [2.05, 4.69) is 15.3 Å². The molecule has 0 radical (unpaired) electrons. The highest BCUT2D eigenvalue weighted by Gasteiger charge is 2.36. The number of nitrogens with zero attached hydrogens (tertiary/aromatic N) is 2. The molecule has 4 rings (SSSR count). The first-order chi connectivity index (χ1) is 13.6. The Bertz CT molecular complexity index is 986. The summed E-state index contributed by atoms with van der Waals surface area (Å²) in [5, 5.41) is 2.85. The summed E-state index contributed by atoms with van der Waals surface area (Å²) >= 11 is 0. The lowest BCUT2D eigenvalue weighted by atomic mass is 10.1. The largest absolute Gasteiger partial charge is 0.345 e. The van der Waals surface area contributed by atoms with Crippen LogP contribution in [-0.2, 0) is 16.1 Å². The fourth-order valence-corrected chi connectivity index (χ4v) is 3.39. The number of aromatic amines is 1. The van der Waals surface area contributed by atoms with Crippen LogP contribution in [0, 0.1) is 5.82 Å². The average Bonchev–Trinajstić information content (AvgIpc) is 3.35. The molecule has 7 heteroatoms. The highest BCUT2D eigenvalue weighted by atomic mass is 19.1. The normalized spacial score (nSPS) is 16.4. The van der Waals surface area contributed by atoms with Gasteiger partial charge in [-0.15, -0.1) is 0 Å². The lowest BCUT2D eigenvalue weighted by molar-refractivity contribution is -0.133. The highest BCUT2D eigenvalue weighted by Crippen LogP contribution is 2.25. The molecule has 2 aromatic carbocycles. The number of nitrogens with one attached hydrogen (secondary N) is 2. The Balaban J connectivity index is 1.46. The number of aromatic nitrogens is 2. The number of anilines is 1. The van der Waals surface area contributed by atoms with Crippen LogP contribution in [0.25, 0.3) is 11.3 Å². The topological polar surface area (TPSA) is 78.1 Å². The summed E-state index contributed by atoms with van der Waals surface area (Å²) in [6.45, 7) is 0.0857. The van der Waals surface area contributed by atoms with Crippen LogP contribution in [-0.4, -0.2) is 32.7 Å². The van der Waals surface area contributed by atoms with Gasteiger partial charge in [0.05, 0.1) is 18.2 Å². The van der Waals surface area contributed by atoms with E-state index in [0.717, 1.165) is 11.3 Å². The van der Waals surface area contributed by atoms with Crippen molar-refractivity contribution in [2.24, 2.45) is 0 Å². The Morgan fingerprint density at radius 1 is 1.21 bits per heavy atom. The molecule has 1 atom stereocenters. The van der Waals surface area contributed by atoms with E-state index in [1.165, 1.54) is 11.0 Å². The van der Waals surface area contributed by atoms with Gasteiger partial charge in [0.25, 0.3) is 0 Å². The molecule has 1 aromatic heterocycles. The van der Waals surface area contributed by atoms with E-state index in [4.69, 9.17) is 0 Å². The standard InChI is InChI=1S/C21H19FN4O2/c22-17-4-2-1-3-15(17)12-26-19(9-10-20(26)27)21(28)25-16-7-5-14(6-8-16)18-11-23-13-24-18/h1-8,11,13,19H,9-10,12H2,(H,23,24)(H,25,28). The number of likely N-dealkylation sites (tertiary alicyclic amines) is 1. The fourth-order valence-electron chi connectivity index (χ4n) is 3.39. The van der Waals surface area contributed by atoms with Gasteiger partial charge in [0, 0.05) is 24.2 Å². The molecule has 3 aromatic rings.